The first-order valence-corrected chi connectivity index (χ1v) is 5.50. The number of nitrogen functional groups attached to an aromatic ring is 1. The second-order valence-corrected chi connectivity index (χ2v) is 4.85. The highest BCUT2D eigenvalue weighted by atomic mass is 16.6. The molecule has 1 aromatic rings. The normalized spacial score (nSPS) is 10.9. The van der Waals surface area contributed by atoms with Crippen molar-refractivity contribution in [2.24, 2.45) is 0 Å². The number of carbonyl (C=O) groups is 2. The van der Waals surface area contributed by atoms with Gasteiger partial charge in [-0.2, -0.15) is 0 Å². The molecule has 2 N–H and O–H groups in total. The summed E-state index contributed by atoms with van der Waals surface area (Å²) >= 11 is 0. The van der Waals surface area contributed by atoms with E-state index in [-0.39, 0.29) is 11.3 Å². The van der Waals surface area contributed by atoms with Gasteiger partial charge in [0, 0.05) is 12.6 Å². The van der Waals surface area contributed by atoms with E-state index >= 15 is 0 Å². The van der Waals surface area contributed by atoms with Gasteiger partial charge in [-0.15, -0.1) is 0 Å². The SMILES string of the molecule is CC(=O)Oc1ccc(N)cc1C(=O)OC(C)(C)C. The molecule has 1 aromatic carbocycles. The zero-order chi connectivity index (χ0) is 13.9. The number of nitrogens with two attached hydrogens (primary N) is 1. The fourth-order valence-corrected chi connectivity index (χ4v) is 1.28. The van der Waals surface area contributed by atoms with Crippen LogP contribution in [0, 0.1) is 0 Å². The molecule has 5 nitrogen and oxygen atoms in total. The minimum atomic E-state index is -0.630. The summed E-state index contributed by atoms with van der Waals surface area (Å²) in [5.74, 6) is -0.943. The van der Waals surface area contributed by atoms with Crippen molar-refractivity contribution in [3.05, 3.63) is 23.8 Å². The summed E-state index contributed by atoms with van der Waals surface area (Å²) in [4.78, 5) is 22.9. The molecule has 0 aromatic heterocycles. The molecule has 0 radical (unpaired) electrons. The van der Waals surface area contributed by atoms with Crippen molar-refractivity contribution in [1.29, 1.82) is 0 Å². The lowest BCUT2D eigenvalue weighted by Gasteiger charge is -2.20. The third-order valence-corrected chi connectivity index (χ3v) is 1.88. The maximum atomic E-state index is 11.9. The summed E-state index contributed by atoms with van der Waals surface area (Å²) < 4.78 is 10.2. The number of esters is 2. The maximum Gasteiger partial charge on any atom is 0.342 e. The standard InChI is InChI=1S/C13H17NO4/c1-8(15)17-11-6-5-9(14)7-10(11)12(16)18-13(2,3)4/h5-7H,14H2,1-4H3. The van der Waals surface area contributed by atoms with Crippen molar-refractivity contribution >= 4 is 17.6 Å². The Kier molecular flexibility index (Phi) is 3.96. The van der Waals surface area contributed by atoms with Crippen LogP contribution in [-0.2, 0) is 9.53 Å². The molecule has 0 aliphatic carbocycles. The molecule has 0 saturated heterocycles. The van der Waals surface area contributed by atoms with Crippen LogP contribution in [0.1, 0.15) is 38.1 Å². The Morgan fingerprint density at radius 3 is 2.33 bits per heavy atom. The molecule has 0 spiro atoms. The quantitative estimate of drug-likeness (QED) is 0.495. The van der Waals surface area contributed by atoms with E-state index in [1.165, 1.54) is 19.1 Å². The largest absolute Gasteiger partial charge is 0.456 e. The minimum absolute atomic E-state index is 0.139. The van der Waals surface area contributed by atoms with Crippen LogP contribution in [0.25, 0.3) is 0 Å². The first-order chi connectivity index (χ1) is 8.19. The van der Waals surface area contributed by atoms with E-state index in [9.17, 15) is 9.59 Å². The van der Waals surface area contributed by atoms with Crippen LogP contribution in [0.3, 0.4) is 0 Å². The molecule has 0 amide bonds. The molecule has 0 aliphatic heterocycles. The molecule has 0 fully saturated rings. The summed E-state index contributed by atoms with van der Waals surface area (Å²) in [6.45, 7) is 6.52. The van der Waals surface area contributed by atoms with Crippen LogP contribution in [0.4, 0.5) is 5.69 Å². The Balaban J connectivity index is 3.08. The second-order valence-electron chi connectivity index (χ2n) is 4.85. The Hall–Kier alpha value is -2.04. The Morgan fingerprint density at radius 1 is 1.22 bits per heavy atom. The van der Waals surface area contributed by atoms with Crippen LogP contribution >= 0.6 is 0 Å². The average molecular weight is 251 g/mol. The number of hydrogen-bond acceptors (Lipinski definition) is 5. The molecule has 0 heterocycles. The fourth-order valence-electron chi connectivity index (χ4n) is 1.28. The third-order valence-electron chi connectivity index (χ3n) is 1.88. The van der Waals surface area contributed by atoms with Crippen LogP contribution < -0.4 is 10.5 Å². The zero-order valence-electron chi connectivity index (χ0n) is 10.9. The summed E-state index contributed by atoms with van der Waals surface area (Å²) in [5.41, 5.74) is 5.52. The first-order valence-electron chi connectivity index (χ1n) is 5.50. The summed E-state index contributed by atoms with van der Waals surface area (Å²) in [5, 5.41) is 0. The fraction of sp³-hybridized carbons (Fsp3) is 0.385. The number of carbonyl (C=O) groups excluding carboxylic acids is 2. The molecule has 0 atom stereocenters. The van der Waals surface area contributed by atoms with Gasteiger partial charge in [-0.3, -0.25) is 4.79 Å². The lowest BCUT2D eigenvalue weighted by atomic mass is 10.1. The van der Waals surface area contributed by atoms with Crippen LogP contribution in [-0.4, -0.2) is 17.5 Å². The minimum Gasteiger partial charge on any atom is -0.456 e. The predicted octanol–water partition coefficient (Wildman–Crippen LogP) is 2.15. The van der Waals surface area contributed by atoms with Gasteiger partial charge in [-0.1, -0.05) is 0 Å². The number of rotatable bonds is 2. The zero-order valence-corrected chi connectivity index (χ0v) is 10.9. The molecular weight excluding hydrogens is 234 g/mol. The van der Waals surface area contributed by atoms with Gasteiger partial charge in [0.15, 0.2) is 0 Å². The van der Waals surface area contributed by atoms with Crippen molar-refractivity contribution in [2.45, 2.75) is 33.3 Å². The van der Waals surface area contributed by atoms with E-state index in [1.807, 2.05) is 0 Å². The van der Waals surface area contributed by atoms with E-state index in [0.29, 0.717) is 5.69 Å². The molecular formula is C13H17NO4. The smallest absolute Gasteiger partial charge is 0.342 e. The van der Waals surface area contributed by atoms with Crippen molar-refractivity contribution in [2.75, 3.05) is 5.73 Å². The number of benzene rings is 1. The Morgan fingerprint density at radius 2 is 1.83 bits per heavy atom. The van der Waals surface area contributed by atoms with Gasteiger partial charge in [0.2, 0.25) is 0 Å². The Labute approximate surface area is 106 Å². The lowest BCUT2D eigenvalue weighted by Crippen LogP contribution is -2.24. The van der Waals surface area contributed by atoms with Crippen molar-refractivity contribution in [3.63, 3.8) is 0 Å². The van der Waals surface area contributed by atoms with Gasteiger partial charge in [0.05, 0.1) is 0 Å². The van der Waals surface area contributed by atoms with Gasteiger partial charge in [0.1, 0.15) is 16.9 Å². The van der Waals surface area contributed by atoms with Gasteiger partial charge in [-0.25, -0.2) is 4.79 Å². The highest BCUT2D eigenvalue weighted by Crippen LogP contribution is 2.24. The van der Waals surface area contributed by atoms with Gasteiger partial charge in [-0.05, 0) is 39.0 Å². The molecule has 0 bridgehead atoms. The maximum absolute atomic E-state index is 11.9. The molecule has 1 rings (SSSR count). The Bertz CT molecular complexity index is 474. The van der Waals surface area contributed by atoms with E-state index in [2.05, 4.69) is 0 Å². The van der Waals surface area contributed by atoms with E-state index in [0.717, 1.165) is 0 Å². The topological polar surface area (TPSA) is 78.6 Å². The van der Waals surface area contributed by atoms with Crippen LogP contribution in [0.5, 0.6) is 5.75 Å². The van der Waals surface area contributed by atoms with Crippen molar-refractivity contribution in [3.8, 4) is 5.75 Å². The number of anilines is 1. The summed E-state index contributed by atoms with van der Waals surface area (Å²) in [6, 6.07) is 4.44. The molecule has 5 heteroatoms. The second kappa shape index (κ2) is 5.08. The van der Waals surface area contributed by atoms with Gasteiger partial charge >= 0.3 is 11.9 Å². The molecule has 0 saturated carbocycles. The first kappa shape index (κ1) is 14.0. The number of ether oxygens (including phenoxy) is 2. The van der Waals surface area contributed by atoms with E-state index in [1.54, 1.807) is 26.8 Å². The summed E-state index contributed by atoms with van der Waals surface area (Å²) in [7, 11) is 0. The van der Waals surface area contributed by atoms with E-state index < -0.39 is 17.5 Å². The molecule has 98 valence electrons. The molecule has 0 unspecified atom stereocenters. The predicted molar refractivity (Wildman–Crippen MR) is 67.3 cm³/mol. The lowest BCUT2D eigenvalue weighted by molar-refractivity contribution is -0.131. The van der Waals surface area contributed by atoms with Crippen LogP contribution in [0.2, 0.25) is 0 Å². The molecule has 0 aliphatic rings. The number of hydrogen-bond donors (Lipinski definition) is 1. The monoisotopic (exact) mass is 251 g/mol. The molecule has 18 heavy (non-hydrogen) atoms. The van der Waals surface area contributed by atoms with Gasteiger partial charge in [0.25, 0.3) is 0 Å². The van der Waals surface area contributed by atoms with Crippen molar-refractivity contribution in [1.82, 2.24) is 0 Å². The summed E-state index contributed by atoms with van der Waals surface area (Å²) in [6.07, 6.45) is 0. The average Bonchev–Trinajstić information content (AvgIpc) is 2.17. The highest BCUT2D eigenvalue weighted by molar-refractivity contribution is 5.94. The van der Waals surface area contributed by atoms with Crippen molar-refractivity contribution < 1.29 is 19.1 Å². The third kappa shape index (κ3) is 4.08. The van der Waals surface area contributed by atoms with E-state index in [4.69, 9.17) is 15.2 Å². The van der Waals surface area contributed by atoms with Gasteiger partial charge < -0.3 is 15.2 Å². The highest BCUT2D eigenvalue weighted by Gasteiger charge is 2.22. The van der Waals surface area contributed by atoms with Crippen LogP contribution in [0.15, 0.2) is 18.2 Å².